The predicted molar refractivity (Wildman–Crippen MR) is 124 cm³/mol. The van der Waals surface area contributed by atoms with Crippen LogP contribution in [0.1, 0.15) is 12.5 Å². The molecule has 0 radical (unpaired) electrons. The molecular weight excluding hydrogens is 584 g/mol. The fourth-order valence-corrected chi connectivity index (χ4v) is 5.37. The molecule has 1 aliphatic heterocycles. The second kappa shape index (κ2) is 10.7. The van der Waals surface area contributed by atoms with Crippen molar-refractivity contribution in [3.63, 3.8) is 0 Å². The number of nitrogens with zero attached hydrogens (tertiary/aromatic N) is 4. The van der Waals surface area contributed by atoms with Crippen LogP contribution in [-0.2, 0) is 15.6 Å². The van der Waals surface area contributed by atoms with Crippen LogP contribution in [0.5, 0.6) is 0 Å². The zero-order chi connectivity index (χ0) is 29.4. The third kappa shape index (κ3) is 5.83. The largest absolute Gasteiger partial charge is 0.465 e. The fourth-order valence-electron chi connectivity index (χ4n) is 3.71. The van der Waals surface area contributed by atoms with Gasteiger partial charge in [-0.05, 0) is 25.1 Å². The van der Waals surface area contributed by atoms with E-state index in [4.69, 9.17) is 16.7 Å². The van der Waals surface area contributed by atoms with Gasteiger partial charge in [-0.3, -0.25) is 5.32 Å². The second-order valence-electron chi connectivity index (χ2n) is 8.01. The van der Waals surface area contributed by atoms with Crippen LogP contribution in [0, 0.1) is 11.8 Å². The molecule has 1 amide bonds. The van der Waals surface area contributed by atoms with Crippen molar-refractivity contribution in [2.24, 2.45) is 0 Å². The van der Waals surface area contributed by atoms with Gasteiger partial charge in [-0.2, -0.15) is 30.6 Å². The third-order valence-corrected chi connectivity index (χ3v) is 7.72. The molecule has 2 aromatic rings. The summed E-state index contributed by atoms with van der Waals surface area (Å²) in [5, 5.41) is 19.6. The van der Waals surface area contributed by atoms with Gasteiger partial charge in [-0.25, -0.2) is 23.2 Å². The lowest BCUT2D eigenvalue weighted by atomic mass is 9.93. The van der Waals surface area contributed by atoms with Crippen LogP contribution in [0.3, 0.4) is 0 Å². The van der Waals surface area contributed by atoms with Crippen LogP contribution >= 0.6 is 11.6 Å². The molecule has 0 unspecified atom stereocenters. The summed E-state index contributed by atoms with van der Waals surface area (Å²) < 4.78 is 107. The molecule has 1 saturated heterocycles. The highest BCUT2D eigenvalue weighted by Gasteiger charge is 2.71. The van der Waals surface area contributed by atoms with Crippen molar-refractivity contribution in [1.82, 2.24) is 14.3 Å². The Morgan fingerprint density at radius 2 is 1.77 bits per heavy atom. The summed E-state index contributed by atoms with van der Waals surface area (Å²) in [5.41, 5.74) is -6.88. The third-order valence-electron chi connectivity index (χ3n) is 5.60. The van der Waals surface area contributed by atoms with Gasteiger partial charge >= 0.3 is 18.4 Å². The first-order valence-corrected chi connectivity index (χ1v) is 12.4. The minimum absolute atomic E-state index is 0.117. The predicted octanol–water partition coefficient (Wildman–Crippen LogP) is 3.43. The molecule has 3 N–H and O–H groups in total. The van der Waals surface area contributed by atoms with Gasteiger partial charge < -0.3 is 15.1 Å². The summed E-state index contributed by atoms with van der Waals surface area (Å²) >= 11 is 6.02. The molecule has 2 aromatic heterocycles. The van der Waals surface area contributed by atoms with E-state index >= 15 is 0 Å². The van der Waals surface area contributed by atoms with Crippen molar-refractivity contribution in [2.45, 2.75) is 35.8 Å². The highest BCUT2D eigenvalue weighted by atomic mass is 35.5. The Bertz CT molecular complexity index is 1400. The molecule has 3 heterocycles. The number of carboxylic acid groups (broad SMARTS) is 1. The summed E-state index contributed by atoms with van der Waals surface area (Å²) in [7, 11) is -4.17. The van der Waals surface area contributed by atoms with E-state index in [0.29, 0.717) is 6.07 Å². The minimum Gasteiger partial charge on any atom is -0.465 e. The van der Waals surface area contributed by atoms with Crippen LogP contribution in [0.2, 0.25) is 5.02 Å². The number of pyridine rings is 2. The Morgan fingerprint density at radius 3 is 2.26 bits per heavy atom. The standard InChI is InChI=1S/C21H18ClF6N5O5S/c1-2-3-13-11-32(39(37,38)14-4-5-16(29-10-14)31-18(34)35)6-7-33(13)17-15(22)8-12(9-30-17)19(36,20(23,24)25)21(26,27)28/h4-5,8-10,13,36H,6-7,11H2,1H3,(H,29,31)(H,34,35)/t13-/m0/s1. The van der Waals surface area contributed by atoms with Crippen molar-refractivity contribution >= 4 is 39.4 Å². The van der Waals surface area contributed by atoms with Crippen LogP contribution in [0.4, 0.5) is 42.8 Å². The summed E-state index contributed by atoms with van der Waals surface area (Å²) in [6.45, 7) is 0.745. The summed E-state index contributed by atoms with van der Waals surface area (Å²) in [4.78, 5) is 19.1. The van der Waals surface area contributed by atoms with Gasteiger partial charge in [-0.15, -0.1) is 5.92 Å². The fraction of sp³-hybridized carbons (Fsp3) is 0.381. The van der Waals surface area contributed by atoms with Gasteiger partial charge in [-0.1, -0.05) is 17.5 Å². The SMILES string of the molecule is CC#C[C@H]1CN(S(=O)(=O)c2ccc(NC(=O)O)nc2)CCN1c1ncc(C(O)(C(F)(F)F)C(F)(F)F)cc1Cl. The average Bonchev–Trinajstić information content (AvgIpc) is 2.82. The topological polar surface area (TPSA) is 136 Å². The molecule has 1 atom stereocenters. The number of piperazine rings is 1. The minimum atomic E-state index is -6.13. The van der Waals surface area contributed by atoms with Crippen molar-refractivity contribution in [1.29, 1.82) is 0 Å². The molecule has 212 valence electrons. The van der Waals surface area contributed by atoms with Gasteiger partial charge in [0.1, 0.15) is 22.6 Å². The number of aromatic nitrogens is 2. The number of hydrogen-bond donors (Lipinski definition) is 3. The Hall–Kier alpha value is -3.33. The van der Waals surface area contributed by atoms with Crippen molar-refractivity contribution in [3.8, 4) is 11.8 Å². The molecular formula is C21H18ClF6N5O5S. The number of carbonyl (C=O) groups is 1. The first-order valence-electron chi connectivity index (χ1n) is 10.6. The Labute approximate surface area is 222 Å². The number of nitrogens with one attached hydrogen (secondary N) is 1. The molecule has 1 fully saturated rings. The zero-order valence-electron chi connectivity index (χ0n) is 19.5. The number of anilines is 2. The van der Waals surface area contributed by atoms with E-state index in [1.165, 1.54) is 11.8 Å². The van der Waals surface area contributed by atoms with Crippen LogP contribution in [0.15, 0.2) is 35.5 Å². The maximum absolute atomic E-state index is 13.2. The second-order valence-corrected chi connectivity index (χ2v) is 10.4. The molecule has 0 aromatic carbocycles. The normalized spacial score (nSPS) is 17.4. The molecule has 10 nitrogen and oxygen atoms in total. The molecule has 0 aliphatic carbocycles. The first kappa shape index (κ1) is 30.2. The van der Waals surface area contributed by atoms with E-state index in [2.05, 4.69) is 21.8 Å². The number of alkyl halides is 6. The first-order chi connectivity index (χ1) is 17.9. The van der Waals surface area contributed by atoms with E-state index in [1.54, 1.807) is 0 Å². The molecule has 18 heteroatoms. The number of amides is 1. The zero-order valence-corrected chi connectivity index (χ0v) is 21.1. The summed E-state index contributed by atoms with van der Waals surface area (Å²) in [6.07, 6.45) is -12.5. The van der Waals surface area contributed by atoms with Gasteiger partial charge in [0.2, 0.25) is 10.0 Å². The van der Waals surface area contributed by atoms with Crippen LogP contribution in [0.25, 0.3) is 0 Å². The monoisotopic (exact) mass is 601 g/mol. The maximum Gasteiger partial charge on any atom is 0.430 e. The maximum atomic E-state index is 13.2. The molecule has 0 bridgehead atoms. The molecule has 3 rings (SSSR count). The Balaban J connectivity index is 1.91. The van der Waals surface area contributed by atoms with E-state index in [1.807, 2.05) is 5.32 Å². The number of hydrogen-bond acceptors (Lipinski definition) is 7. The number of aliphatic hydroxyl groups is 1. The van der Waals surface area contributed by atoms with E-state index < -0.39 is 50.7 Å². The van der Waals surface area contributed by atoms with Crippen LogP contribution in [-0.4, -0.2) is 77.0 Å². The lowest BCUT2D eigenvalue weighted by Gasteiger charge is -2.39. The smallest absolute Gasteiger partial charge is 0.430 e. The van der Waals surface area contributed by atoms with Crippen LogP contribution < -0.4 is 10.2 Å². The number of sulfonamides is 1. The van der Waals surface area contributed by atoms with Gasteiger partial charge in [0.05, 0.1) is 5.02 Å². The van der Waals surface area contributed by atoms with E-state index in [9.17, 15) is 44.7 Å². The molecule has 0 saturated carbocycles. The Kier molecular flexibility index (Phi) is 8.27. The van der Waals surface area contributed by atoms with E-state index in [-0.39, 0.29) is 42.4 Å². The number of rotatable bonds is 5. The summed E-state index contributed by atoms with van der Waals surface area (Å²) in [5.74, 6) is 4.89. The average molecular weight is 602 g/mol. The van der Waals surface area contributed by atoms with E-state index in [0.717, 1.165) is 22.6 Å². The molecule has 0 spiro atoms. The highest BCUT2D eigenvalue weighted by Crippen LogP contribution is 2.50. The molecule has 1 aliphatic rings. The highest BCUT2D eigenvalue weighted by molar-refractivity contribution is 7.89. The molecule has 39 heavy (non-hydrogen) atoms. The summed E-state index contributed by atoms with van der Waals surface area (Å²) in [6, 6.07) is 1.58. The van der Waals surface area contributed by atoms with Crippen molar-refractivity contribution in [3.05, 3.63) is 41.2 Å². The lowest BCUT2D eigenvalue weighted by Crippen LogP contribution is -2.55. The van der Waals surface area contributed by atoms with Crippen molar-refractivity contribution < 1.29 is 49.8 Å². The van der Waals surface area contributed by atoms with Gasteiger partial charge in [0, 0.05) is 37.6 Å². The van der Waals surface area contributed by atoms with Crippen molar-refractivity contribution in [2.75, 3.05) is 29.9 Å². The quantitative estimate of drug-likeness (QED) is 0.350. The van der Waals surface area contributed by atoms with Gasteiger partial charge in [0.15, 0.2) is 0 Å². The van der Waals surface area contributed by atoms with Gasteiger partial charge in [0.25, 0.3) is 5.60 Å². The lowest BCUT2D eigenvalue weighted by molar-refractivity contribution is -0.376. The number of halogens is 7. The Morgan fingerprint density at radius 1 is 1.13 bits per heavy atom.